The first kappa shape index (κ1) is 28.0. The second-order valence-electron chi connectivity index (χ2n) is 8.99. The Hall–Kier alpha value is -4.54. The van der Waals surface area contributed by atoms with Crippen molar-refractivity contribution in [3.8, 4) is 11.5 Å². The van der Waals surface area contributed by atoms with Crippen LogP contribution in [0, 0.1) is 0 Å². The summed E-state index contributed by atoms with van der Waals surface area (Å²) in [5.41, 5.74) is 1.52. The number of benzene rings is 4. The van der Waals surface area contributed by atoms with E-state index in [1.165, 1.54) is 30.3 Å². The number of halogens is 1. The lowest BCUT2D eigenvalue weighted by Gasteiger charge is -2.29. The number of nitrogens with zero attached hydrogens (tertiary/aromatic N) is 1. The number of carboxylic acid groups (broad SMARTS) is 1. The van der Waals surface area contributed by atoms with E-state index >= 15 is 0 Å². The summed E-state index contributed by atoms with van der Waals surface area (Å²) in [4.78, 5) is 38.9. The van der Waals surface area contributed by atoms with Crippen LogP contribution in [0.4, 0.5) is 5.69 Å². The number of aromatic carboxylic acids is 1. The minimum Gasteiger partial charge on any atom is -0.490 e. The van der Waals surface area contributed by atoms with Gasteiger partial charge in [0.25, 0.3) is 11.8 Å². The summed E-state index contributed by atoms with van der Waals surface area (Å²) in [7, 11) is 0. The summed E-state index contributed by atoms with van der Waals surface area (Å²) in [5, 5.41) is 13.9. The summed E-state index contributed by atoms with van der Waals surface area (Å²) >= 11 is 8.77. The van der Waals surface area contributed by atoms with Gasteiger partial charge in [-0.15, -0.1) is 0 Å². The summed E-state index contributed by atoms with van der Waals surface area (Å²) in [5.74, 6) is -1.60. The lowest BCUT2D eigenvalue weighted by Crippen LogP contribution is -2.54. The van der Waals surface area contributed by atoms with E-state index in [-0.39, 0.29) is 21.9 Å². The maximum Gasteiger partial charge on any atom is 0.335 e. The minimum atomic E-state index is -1.16. The normalized spacial score (nSPS) is 14.3. The highest BCUT2D eigenvalue weighted by Gasteiger charge is 2.35. The lowest BCUT2D eigenvalue weighted by atomic mass is 10.1. The van der Waals surface area contributed by atoms with Gasteiger partial charge in [-0.1, -0.05) is 64.5 Å². The molecule has 0 atom stereocenters. The second kappa shape index (κ2) is 11.9. The molecule has 0 spiro atoms. The fourth-order valence-corrected chi connectivity index (χ4v) is 5.16. The van der Waals surface area contributed by atoms with Crippen LogP contribution < -0.4 is 19.7 Å². The molecule has 1 aliphatic heterocycles. The highest BCUT2D eigenvalue weighted by atomic mass is 79.9. The van der Waals surface area contributed by atoms with E-state index in [2.05, 4.69) is 21.2 Å². The molecule has 8 nitrogen and oxygen atoms in total. The number of fused-ring (bicyclic) bond motifs is 1. The van der Waals surface area contributed by atoms with Crippen molar-refractivity contribution in [1.82, 2.24) is 5.32 Å². The molecular formula is C31H23BrN2O6S. The zero-order valence-corrected chi connectivity index (χ0v) is 24.1. The first-order valence-corrected chi connectivity index (χ1v) is 13.8. The zero-order valence-electron chi connectivity index (χ0n) is 21.7. The predicted molar refractivity (Wildman–Crippen MR) is 163 cm³/mol. The number of hydrogen-bond acceptors (Lipinski definition) is 6. The molecule has 4 aromatic carbocycles. The summed E-state index contributed by atoms with van der Waals surface area (Å²) in [6.07, 6.45) is 1.43. The Labute approximate surface area is 249 Å². The van der Waals surface area contributed by atoms with Gasteiger partial charge in [-0.25, -0.2) is 4.79 Å². The van der Waals surface area contributed by atoms with Crippen molar-refractivity contribution < 1.29 is 29.0 Å². The first-order valence-electron chi connectivity index (χ1n) is 12.6. The van der Waals surface area contributed by atoms with Crippen molar-refractivity contribution in [1.29, 1.82) is 0 Å². The largest absolute Gasteiger partial charge is 0.490 e. The maximum absolute atomic E-state index is 13.5. The van der Waals surface area contributed by atoms with Gasteiger partial charge < -0.3 is 14.6 Å². The molecule has 0 saturated carbocycles. The Morgan fingerprint density at radius 1 is 1.00 bits per heavy atom. The van der Waals surface area contributed by atoms with E-state index in [9.17, 15) is 19.5 Å². The standard InChI is InChI=1S/C31H23BrN2O6S/c1-2-39-26-15-21(25(32)16-27(26)40-17-20-10-5-8-18-7-3-4-12-23(18)20)14-24-28(35)33-31(41)34(29(24)36)22-11-6-9-19(13-22)30(37)38/h3-16H,2,17H2,1H3,(H,37,38)(H,33,35,41). The van der Waals surface area contributed by atoms with Gasteiger partial charge in [0.05, 0.1) is 17.9 Å². The van der Waals surface area contributed by atoms with Crippen LogP contribution in [-0.2, 0) is 16.2 Å². The lowest BCUT2D eigenvalue weighted by molar-refractivity contribution is -0.122. The van der Waals surface area contributed by atoms with E-state index in [4.69, 9.17) is 21.7 Å². The quantitative estimate of drug-likeness (QED) is 0.137. The number of hydrogen-bond donors (Lipinski definition) is 2. The monoisotopic (exact) mass is 630 g/mol. The van der Waals surface area contributed by atoms with Gasteiger partial charge >= 0.3 is 5.97 Å². The first-order chi connectivity index (χ1) is 19.8. The Kier molecular flexibility index (Phi) is 8.14. The van der Waals surface area contributed by atoms with E-state index in [0.29, 0.717) is 34.7 Å². The molecule has 1 fully saturated rings. The summed E-state index contributed by atoms with van der Waals surface area (Å²) < 4.78 is 12.6. The molecule has 206 valence electrons. The second-order valence-corrected chi connectivity index (χ2v) is 10.2. The third-order valence-electron chi connectivity index (χ3n) is 6.38. The number of carbonyl (C=O) groups excluding carboxylic acids is 2. The van der Waals surface area contributed by atoms with Crippen LogP contribution in [0.5, 0.6) is 11.5 Å². The average molecular weight is 632 g/mol. The van der Waals surface area contributed by atoms with Crippen LogP contribution in [0.1, 0.15) is 28.4 Å². The number of thiocarbonyl (C=S) groups is 1. The predicted octanol–water partition coefficient (Wildman–Crippen LogP) is 6.11. The number of anilines is 1. The molecular weight excluding hydrogens is 608 g/mol. The van der Waals surface area contributed by atoms with Gasteiger partial charge in [0, 0.05) is 4.47 Å². The molecule has 2 amide bonds. The highest BCUT2D eigenvalue weighted by molar-refractivity contribution is 9.10. The van der Waals surface area contributed by atoms with Crippen LogP contribution in [0.3, 0.4) is 0 Å². The molecule has 0 radical (unpaired) electrons. The molecule has 1 aliphatic rings. The van der Waals surface area contributed by atoms with Crippen LogP contribution >= 0.6 is 28.1 Å². The van der Waals surface area contributed by atoms with Crippen molar-refractivity contribution in [2.24, 2.45) is 0 Å². The zero-order chi connectivity index (χ0) is 29.1. The van der Waals surface area contributed by atoms with Gasteiger partial charge in [0.15, 0.2) is 16.6 Å². The molecule has 1 saturated heterocycles. The van der Waals surface area contributed by atoms with Gasteiger partial charge in [-0.2, -0.15) is 0 Å². The number of amides is 2. The summed E-state index contributed by atoms with van der Waals surface area (Å²) in [6, 6.07) is 23.2. The molecule has 5 rings (SSSR count). The number of nitrogens with one attached hydrogen (secondary N) is 1. The summed E-state index contributed by atoms with van der Waals surface area (Å²) in [6.45, 7) is 2.51. The van der Waals surface area contributed by atoms with E-state index in [1.54, 1.807) is 12.1 Å². The molecule has 2 N–H and O–H groups in total. The minimum absolute atomic E-state index is 0.0243. The molecule has 0 aromatic heterocycles. The number of carbonyl (C=O) groups is 3. The van der Waals surface area contributed by atoms with E-state index < -0.39 is 17.8 Å². The van der Waals surface area contributed by atoms with Crippen molar-refractivity contribution in [2.45, 2.75) is 13.5 Å². The van der Waals surface area contributed by atoms with Gasteiger partial charge in [-0.05, 0) is 77.4 Å². The third-order valence-corrected chi connectivity index (χ3v) is 7.35. The Balaban J connectivity index is 1.47. The van der Waals surface area contributed by atoms with Crippen LogP contribution in [0.2, 0.25) is 0 Å². The van der Waals surface area contributed by atoms with E-state index in [0.717, 1.165) is 21.2 Å². The fourth-order valence-electron chi connectivity index (χ4n) is 4.44. The average Bonchev–Trinajstić information content (AvgIpc) is 2.96. The van der Waals surface area contributed by atoms with Gasteiger partial charge in [0.2, 0.25) is 0 Å². The topological polar surface area (TPSA) is 105 Å². The van der Waals surface area contributed by atoms with Crippen molar-refractivity contribution >= 4 is 73.6 Å². The van der Waals surface area contributed by atoms with Crippen LogP contribution in [0.25, 0.3) is 16.8 Å². The van der Waals surface area contributed by atoms with Crippen LogP contribution in [-0.4, -0.2) is 34.6 Å². The molecule has 41 heavy (non-hydrogen) atoms. The SMILES string of the molecule is CCOc1cc(C=C2C(=O)NC(=S)N(c3cccc(C(=O)O)c3)C2=O)c(Br)cc1OCc1cccc2ccccc12. The van der Waals surface area contributed by atoms with Crippen molar-refractivity contribution in [2.75, 3.05) is 11.5 Å². The molecule has 0 aliphatic carbocycles. The van der Waals surface area contributed by atoms with Crippen molar-refractivity contribution in [3.05, 3.63) is 106 Å². The molecule has 0 bridgehead atoms. The number of carboxylic acids is 1. The van der Waals surface area contributed by atoms with Gasteiger partial charge in [-0.3, -0.25) is 19.8 Å². The molecule has 0 unspecified atom stereocenters. The number of ether oxygens (including phenoxy) is 2. The Morgan fingerprint density at radius 3 is 2.51 bits per heavy atom. The number of rotatable bonds is 8. The Bertz CT molecular complexity index is 1750. The molecule has 1 heterocycles. The Morgan fingerprint density at radius 2 is 1.73 bits per heavy atom. The van der Waals surface area contributed by atoms with Crippen molar-refractivity contribution in [3.63, 3.8) is 0 Å². The molecule has 10 heteroatoms. The smallest absolute Gasteiger partial charge is 0.335 e. The maximum atomic E-state index is 13.5. The van der Waals surface area contributed by atoms with Gasteiger partial charge in [0.1, 0.15) is 12.2 Å². The van der Waals surface area contributed by atoms with E-state index in [1.807, 2.05) is 49.4 Å². The highest BCUT2D eigenvalue weighted by Crippen LogP contribution is 2.36. The molecule has 4 aromatic rings. The van der Waals surface area contributed by atoms with Crippen LogP contribution in [0.15, 0.2) is 88.9 Å². The third kappa shape index (κ3) is 5.84. The fraction of sp³-hybridized carbons (Fsp3) is 0.0968.